The Morgan fingerprint density at radius 2 is 1.90 bits per heavy atom. The van der Waals surface area contributed by atoms with Crippen LogP contribution in [0, 0.1) is 6.92 Å². The maximum atomic E-state index is 6.59. The van der Waals surface area contributed by atoms with Gasteiger partial charge in [0.25, 0.3) is 0 Å². The summed E-state index contributed by atoms with van der Waals surface area (Å²) in [5, 5.41) is 0. The van der Waals surface area contributed by atoms with Gasteiger partial charge in [-0.2, -0.15) is 0 Å². The lowest BCUT2D eigenvalue weighted by Crippen LogP contribution is -2.27. The second kappa shape index (κ2) is 6.02. The molecule has 0 bridgehead atoms. The van der Waals surface area contributed by atoms with E-state index in [9.17, 15) is 0 Å². The number of aryl methyl sites for hydroxylation is 2. The van der Waals surface area contributed by atoms with Crippen LogP contribution in [0.1, 0.15) is 61.0 Å². The molecule has 0 aliphatic heterocycles. The zero-order valence-corrected chi connectivity index (χ0v) is 13.0. The first kappa shape index (κ1) is 14.3. The van der Waals surface area contributed by atoms with Crippen LogP contribution in [0.4, 0.5) is 0 Å². The predicted octanol–water partition coefficient (Wildman–Crippen LogP) is 3.72. The number of fused-ring (bicyclic) bond motifs is 1. The van der Waals surface area contributed by atoms with Crippen molar-refractivity contribution in [3.8, 4) is 0 Å². The fourth-order valence-corrected chi connectivity index (χ4v) is 3.63. The third-order valence-electron chi connectivity index (χ3n) is 4.70. The van der Waals surface area contributed by atoms with Gasteiger partial charge < -0.3 is 10.3 Å². The van der Waals surface area contributed by atoms with Crippen LogP contribution in [0.25, 0.3) is 0 Å². The van der Waals surface area contributed by atoms with Crippen LogP contribution in [0.3, 0.4) is 0 Å². The lowest BCUT2D eigenvalue weighted by atomic mass is 9.95. The van der Waals surface area contributed by atoms with Crippen molar-refractivity contribution in [3.05, 3.63) is 53.1 Å². The molecule has 3 heteroatoms. The number of imidazole rings is 1. The van der Waals surface area contributed by atoms with E-state index < -0.39 is 0 Å². The van der Waals surface area contributed by atoms with Gasteiger partial charge in [0.05, 0.1) is 17.8 Å². The molecule has 1 aliphatic rings. The molecule has 2 atom stereocenters. The molecule has 0 fully saturated rings. The molecule has 0 amide bonds. The van der Waals surface area contributed by atoms with E-state index in [4.69, 9.17) is 10.7 Å². The van der Waals surface area contributed by atoms with Gasteiger partial charge >= 0.3 is 0 Å². The number of hydrogen-bond acceptors (Lipinski definition) is 2. The summed E-state index contributed by atoms with van der Waals surface area (Å²) in [5.74, 6) is 1.13. The van der Waals surface area contributed by atoms with Gasteiger partial charge in [-0.05, 0) is 44.6 Å². The van der Waals surface area contributed by atoms with Crippen LogP contribution in [-0.4, -0.2) is 9.55 Å². The van der Waals surface area contributed by atoms with E-state index in [-0.39, 0.29) is 6.04 Å². The second-order valence-electron chi connectivity index (χ2n) is 6.04. The van der Waals surface area contributed by atoms with E-state index in [1.807, 2.05) is 6.07 Å². The van der Waals surface area contributed by atoms with Gasteiger partial charge in [-0.25, -0.2) is 4.98 Å². The normalized spacial score (nSPS) is 17.3. The summed E-state index contributed by atoms with van der Waals surface area (Å²) in [6.45, 7) is 4.35. The highest BCUT2D eigenvalue weighted by Crippen LogP contribution is 2.33. The molecule has 0 radical (unpaired) electrons. The average molecular weight is 283 g/mol. The smallest absolute Gasteiger partial charge is 0.106 e. The van der Waals surface area contributed by atoms with Gasteiger partial charge in [-0.15, -0.1) is 0 Å². The molecule has 3 nitrogen and oxygen atoms in total. The number of aromatic nitrogens is 2. The summed E-state index contributed by atoms with van der Waals surface area (Å²) in [7, 11) is 0. The van der Waals surface area contributed by atoms with Gasteiger partial charge in [0.15, 0.2) is 0 Å². The summed E-state index contributed by atoms with van der Waals surface area (Å²) >= 11 is 0. The van der Waals surface area contributed by atoms with Gasteiger partial charge in [-0.1, -0.05) is 37.3 Å². The van der Waals surface area contributed by atoms with Crippen molar-refractivity contribution in [2.75, 3.05) is 0 Å². The molecule has 1 aromatic heterocycles. The van der Waals surface area contributed by atoms with Crippen LogP contribution >= 0.6 is 0 Å². The van der Waals surface area contributed by atoms with Crippen LogP contribution < -0.4 is 5.73 Å². The molecular weight excluding hydrogens is 258 g/mol. The molecule has 0 spiro atoms. The van der Waals surface area contributed by atoms with E-state index in [1.54, 1.807) is 0 Å². The SMILES string of the molecule is CCC(C(N)c1ccccc1)n1c(C)nc2c1CCCC2. The topological polar surface area (TPSA) is 43.8 Å². The van der Waals surface area contributed by atoms with Crippen LogP contribution in [0.15, 0.2) is 30.3 Å². The molecule has 1 heterocycles. The first-order valence-electron chi connectivity index (χ1n) is 8.09. The summed E-state index contributed by atoms with van der Waals surface area (Å²) in [6.07, 6.45) is 5.84. The monoisotopic (exact) mass is 283 g/mol. The minimum absolute atomic E-state index is 0.0233. The molecule has 3 rings (SSSR count). The molecule has 21 heavy (non-hydrogen) atoms. The Bertz CT molecular complexity index is 600. The van der Waals surface area contributed by atoms with Crippen molar-refractivity contribution in [2.24, 2.45) is 5.73 Å². The Labute approximate surface area is 127 Å². The van der Waals surface area contributed by atoms with Crippen molar-refractivity contribution in [2.45, 2.75) is 58.0 Å². The van der Waals surface area contributed by atoms with E-state index in [0.29, 0.717) is 6.04 Å². The Balaban J connectivity index is 1.99. The van der Waals surface area contributed by atoms with Crippen molar-refractivity contribution in [3.63, 3.8) is 0 Å². The van der Waals surface area contributed by atoms with Gasteiger partial charge in [0, 0.05) is 5.69 Å². The van der Waals surface area contributed by atoms with Gasteiger partial charge in [-0.3, -0.25) is 0 Å². The van der Waals surface area contributed by atoms with E-state index in [2.05, 4.69) is 42.7 Å². The molecule has 0 saturated carbocycles. The van der Waals surface area contributed by atoms with Crippen molar-refractivity contribution < 1.29 is 0 Å². The Morgan fingerprint density at radius 3 is 2.62 bits per heavy atom. The zero-order valence-electron chi connectivity index (χ0n) is 13.0. The quantitative estimate of drug-likeness (QED) is 0.929. The highest BCUT2D eigenvalue weighted by molar-refractivity contribution is 5.24. The number of nitrogens with two attached hydrogens (primary N) is 1. The molecule has 112 valence electrons. The van der Waals surface area contributed by atoms with E-state index >= 15 is 0 Å². The first-order chi connectivity index (χ1) is 10.2. The number of hydrogen-bond donors (Lipinski definition) is 1. The van der Waals surface area contributed by atoms with Gasteiger partial charge in [0.2, 0.25) is 0 Å². The second-order valence-corrected chi connectivity index (χ2v) is 6.04. The summed E-state index contributed by atoms with van der Waals surface area (Å²) in [6, 6.07) is 10.8. The van der Waals surface area contributed by atoms with Crippen LogP contribution in [-0.2, 0) is 12.8 Å². The third-order valence-corrected chi connectivity index (χ3v) is 4.70. The Morgan fingerprint density at radius 1 is 1.19 bits per heavy atom. The average Bonchev–Trinajstić information content (AvgIpc) is 2.85. The minimum Gasteiger partial charge on any atom is -0.327 e. The highest BCUT2D eigenvalue weighted by Gasteiger charge is 2.26. The summed E-state index contributed by atoms with van der Waals surface area (Å²) in [4.78, 5) is 4.80. The number of rotatable bonds is 4. The van der Waals surface area contributed by atoms with Crippen molar-refractivity contribution >= 4 is 0 Å². The fourth-order valence-electron chi connectivity index (χ4n) is 3.63. The fraction of sp³-hybridized carbons (Fsp3) is 0.500. The third kappa shape index (κ3) is 2.62. The van der Waals surface area contributed by atoms with Crippen molar-refractivity contribution in [1.82, 2.24) is 9.55 Å². The van der Waals surface area contributed by atoms with Gasteiger partial charge in [0.1, 0.15) is 5.82 Å². The molecule has 2 unspecified atom stereocenters. The first-order valence-corrected chi connectivity index (χ1v) is 8.09. The van der Waals surface area contributed by atoms with Crippen LogP contribution in [0.2, 0.25) is 0 Å². The molecule has 1 aliphatic carbocycles. The van der Waals surface area contributed by atoms with Crippen molar-refractivity contribution in [1.29, 1.82) is 0 Å². The summed E-state index contributed by atoms with van der Waals surface area (Å²) < 4.78 is 2.42. The maximum absolute atomic E-state index is 6.59. The molecular formula is C18H25N3. The van der Waals surface area contributed by atoms with E-state index in [1.165, 1.54) is 29.8 Å². The summed E-state index contributed by atoms with van der Waals surface area (Å²) in [5.41, 5.74) is 10.5. The number of nitrogens with zero attached hydrogens (tertiary/aromatic N) is 2. The Hall–Kier alpha value is -1.61. The minimum atomic E-state index is 0.0233. The van der Waals surface area contributed by atoms with Crippen LogP contribution in [0.5, 0.6) is 0 Å². The zero-order chi connectivity index (χ0) is 14.8. The largest absolute Gasteiger partial charge is 0.327 e. The van der Waals surface area contributed by atoms with E-state index in [0.717, 1.165) is 25.1 Å². The molecule has 0 saturated heterocycles. The standard InChI is InChI=1S/C18H25N3/c1-3-16(18(19)14-9-5-4-6-10-14)21-13(2)20-15-11-7-8-12-17(15)21/h4-6,9-10,16,18H,3,7-8,11-12,19H2,1-2H3. The Kier molecular flexibility index (Phi) is 4.11. The lowest BCUT2D eigenvalue weighted by molar-refractivity contribution is 0.385. The molecule has 2 N–H and O–H groups in total. The number of benzene rings is 1. The molecule has 1 aromatic carbocycles. The maximum Gasteiger partial charge on any atom is 0.106 e. The predicted molar refractivity (Wildman–Crippen MR) is 86.3 cm³/mol. The molecule has 2 aromatic rings. The highest BCUT2D eigenvalue weighted by atomic mass is 15.1. The lowest BCUT2D eigenvalue weighted by Gasteiger charge is -2.28.